The first kappa shape index (κ1) is 20.6. The number of aryl methyl sites for hydroxylation is 1. The van der Waals surface area contributed by atoms with Crippen LogP contribution in [0.4, 0.5) is 0 Å². The quantitative estimate of drug-likeness (QED) is 0.582. The van der Waals surface area contributed by atoms with Crippen LogP contribution in [0.15, 0.2) is 48.5 Å². The lowest BCUT2D eigenvalue weighted by Gasteiger charge is -2.37. The molecule has 0 saturated carbocycles. The van der Waals surface area contributed by atoms with E-state index in [9.17, 15) is 0 Å². The molecule has 2 aromatic carbocycles. The van der Waals surface area contributed by atoms with Crippen LogP contribution in [-0.4, -0.2) is 43.7 Å². The molecule has 1 fully saturated rings. The predicted octanol–water partition coefficient (Wildman–Crippen LogP) is 5.46. The summed E-state index contributed by atoms with van der Waals surface area (Å²) in [4.78, 5) is 2.14. The summed E-state index contributed by atoms with van der Waals surface area (Å²) in [7, 11) is 4.14. The molecule has 1 aliphatic rings. The van der Waals surface area contributed by atoms with Crippen molar-refractivity contribution in [2.45, 2.75) is 30.3 Å². The van der Waals surface area contributed by atoms with E-state index in [1.165, 1.54) is 34.6 Å². The molecule has 1 aliphatic heterocycles. The molecule has 0 unspecified atom stereocenters. The summed E-state index contributed by atoms with van der Waals surface area (Å²) < 4.78 is 6.01. The van der Waals surface area contributed by atoms with Crippen LogP contribution in [0.1, 0.15) is 30.0 Å². The van der Waals surface area contributed by atoms with E-state index in [0.29, 0.717) is 0 Å². The lowest BCUT2D eigenvalue weighted by atomic mass is 9.97. The fourth-order valence-corrected chi connectivity index (χ4v) is 6.80. The molecule has 2 nitrogen and oxygen atoms in total. The molecular weight excluding hydrogens is 370 g/mol. The number of nitrogens with zero attached hydrogens (tertiary/aromatic N) is 1. The number of hydrogen-bond donors (Lipinski definition) is 0. The molecule has 0 aromatic heterocycles. The fourth-order valence-electron chi connectivity index (χ4n) is 3.42. The number of ether oxygens (including phenoxy) is 1. The highest BCUT2D eigenvalue weighted by Crippen LogP contribution is 2.52. The van der Waals surface area contributed by atoms with Gasteiger partial charge in [-0.25, -0.2) is 0 Å². The van der Waals surface area contributed by atoms with Crippen molar-refractivity contribution >= 4 is 23.5 Å². The van der Waals surface area contributed by atoms with Gasteiger partial charge in [0.1, 0.15) is 12.4 Å². The van der Waals surface area contributed by atoms with Crippen molar-refractivity contribution in [2.24, 2.45) is 0 Å². The molecule has 0 atom stereocenters. The summed E-state index contributed by atoms with van der Waals surface area (Å²) in [5.74, 6) is 3.45. The Labute approximate surface area is 173 Å². The average Bonchev–Trinajstić information content (AvgIpc) is 2.69. The molecule has 0 spiro atoms. The van der Waals surface area contributed by atoms with Crippen LogP contribution in [-0.2, 0) is 16.9 Å². The monoisotopic (exact) mass is 401 g/mol. The zero-order chi connectivity index (χ0) is 19.1. The van der Waals surface area contributed by atoms with Crippen LogP contribution >= 0.6 is 23.5 Å². The molecule has 0 radical (unpaired) electrons. The van der Waals surface area contributed by atoms with E-state index < -0.39 is 0 Å². The Bertz CT molecular complexity index is 709. The van der Waals surface area contributed by atoms with Crippen LogP contribution in [0.5, 0.6) is 5.75 Å². The SMILES string of the molecule is CCc1ccccc1CC1(c2ccc(OCCN(C)C)cc2)SCCCS1. The van der Waals surface area contributed by atoms with Gasteiger partial charge in [0.15, 0.2) is 0 Å². The average molecular weight is 402 g/mol. The first-order valence-corrected chi connectivity index (χ1v) is 11.8. The molecule has 146 valence electrons. The number of hydrogen-bond acceptors (Lipinski definition) is 4. The van der Waals surface area contributed by atoms with Crippen molar-refractivity contribution in [2.75, 3.05) is 38.8 Å². The van der Waals surface area contributed by atoms with Crippen LogP contribution in [0.25, 0.3) is 0 Å². The lowest BCUT2D eigenvalue weighted by molar-refractivity contribution is 0.261. The van der Waals surface area contributed by atoms with Gasteiger partial charge in [0.05, 0.1) is 4.08 Å². The highest BCUT2D eigenvalue weighted by molar-refractivity contribution is 8.18. The largest absolute Gasteiger partial charge is 0.492 e. The van der Waals surface area contributed by atoms with E-state index in [0.717, 1.165) is 31.7 Å². The minimum Gasteiger partial charge on any atom is -0.492 e. The molecule has 0 bridgehead atoms. The maximum atomic E-state index is 5.89. The van der Waals surface area contributed by atoms with Gasteiger partial charge >= 0.3 is 0 Å². The third-order valence-electron chi connectivity index (χ3n) is 4.98. The summed E-state index contributed by atoms with van der Waals surface area (Å²) >= 11 is 4.24. The molecule has 4 heteroatoms. The summed E-state index contributed by atoms with van der Waals surface area (Å²) in [6.45, 7) is 3.92. The van der Waals surface area contributed by atoms with Crippen molar-refractivity contribution in [1.82, 2.24) is 4.90 Å². The first-order valence-electron chi connectivity index (χ1n) is 9.86. The van der Waals surface area contributed by atoms with Crippen LogP contribution in [0.2, 0.25) is 0 Å². The van der Waals surface area contributed by atoms with Gasteiger partial charge in [-0.15, -0.1) is 23.5 Å². The highest BCUT2D eigenvalue weighted by atomic mass is 32.2. The van der Waals surface area contributed by atoms with Gasteiger partial charge in [-0.2, -0.15) is 0 Å². The minimum absolute atomic E-state index is 0.117. The molecule has 2 aromatic rings. The van der Waals surface area contributed by atoms with Gasteiger partial charge in [-0.3, -0.25) is 0 Å². The van der Waals surface area contributed by atoms with Crippen LogP contribution in [0, 0.1) is 0 Å². The zero-order valence-electron chi connectivity index (χ0n) is 16.7. The normalized spacial score (nSPS) is 16.4. The Morgan fingerprint density at radius 3 is 2.26 bits per heavy atom. The summed E-state index contributed by atoms with van der Waals surface area (Å²) in [5.41, 5.74) is 4.39. The maximum absolute atomic E-state index is 5.89. The van der Waals surface area contributed by atoms with Gasteiger partial charge in [0.2, 0.25) is 0 Å². The van der Waals surface area contributed by atoms with Crippen LogP contribution in [0.3, 0.4) is 0 Å². The first-order chi connectivity index (χ1) is 13.1. The van der Waals surface area contributed by atoms with Crippen molar-refractivity contribution in [3.8, 4) is 5.75 Å². The van der Waals surface area contributed by atoms with E-state index in [-0.39, 0.29) is 4.08 Å². The van der Waals surface area contributed by atoms with Crippen LogP contribution < -0.4 is 4.74 Å². The third-order valence-corrected chi connectivity index (χ3v) is 8.37. The predicted molar refractivity (Wildman–Crippen MR) is 121 cm³/mol. The fraction of sp³-hybridized carbons (Fsp3) is 0.478. The van der Waals surface area contributed by atoms with Crippen molar-refractivity contribution in [1.29, 1.82) is 0 Å². The molecule has 0 N–H and O–H groups in total. The summed E-state index contributed by atoms with van der Waals surface area (Å²) in [6.07, 6.45) is 3.49. The summed E-state index contributed by atoms with van der Waals surface area (Å²) in [5, 5.41) is 0. The van der Waals surface area contributed by atoms with E-state index in [1.54, 1.807) is 0 Å². The lowest BCUT2D eigenvalue weighted by Crippen LogP contribution is -2.26. The Morgan fingerprint density at radius 2 is 1.63 bits per heavy atom. The number of thioether (sulfide) groups is 2. The Kier molecular flexibility index (Phi) is 7.57. The maximum Gasteiger partial charge on any atom is 0.119 e. The second kappa shape index (κ2) is 9.90. The second-order valence-corrected chi connectivity index (χ2v) is 10.3. The van der Waals surface area contributed by atoms with Gasteiger partial charge in [-0.1, -0.05) is 43.3 Å². The van der Waals surface area contributed by atoms with Gasteiger partial charge in [0.25, 0.3) is 0 Å². The molecule has 3 rings (SSSR count). The van der Waals surface area contributed by atoms with E-state index in [1.807, 2.05) is 0 Å². The van der Waals surface area contributed by atoms with E-state index >= 15 is 0 Å². The molecule has 0 aliphatic carbocycles. The van der Waals surface area contributed by atoms with Gasteiger partial charge < -0.3 is 9.64 Å². The van der Waals surface area contributed by atoms with Crippen molar-refractivity contribution in [3.05, 3.63) is 65.2 Å². The van der Waals surface area contributed by atoms with Gasteiger partial charge in [-0.05, 0) is 67.3 Å². The standard InChI is InChI=1S/C23H31NOS2/c1-4-19-8-5-6-9-20(19)18-23(26-16-7-17-27-23)21-10-12-22(13-11-21)25-15-14-24(2)3/h5-6,8-13H,4,7,14-18H2,1-3H3. The van der Waals surface area contributed by atoms with Crippen molar-refractivity contribution in [3.63, 3.8) is 0 Å². The Hall–Kier alpha value is -1.10. The van der Waals surface area contributed by atoms with E-state index in [4.69, 9.17) is 4.74 Å². The molecule has 1 saturated heterocycles. The smallest absolute Gasteiger partial charge is 0.119 e. The number of likely N-dealkylation sites (N-methyl/N-ethyl adjacent to an activating group) is 1. The summed E-state index contributed by atoms with van der Waals surface area (Å²) in [6, 6.07) is 17.8. The molecule has 27 heavy (non-hydrogen) atoms. The molecule has 0 amide bonds. The minimum atomic E-state index is 0.117. The molecular formula is C23H31NOS2. The topological polar surface area (TPSA) is 12.5 Å². The zero-order valence-corrected chi connectivity index (χ0v) is 18.4. The highest BCUT2D eigenvalue weighted by Gasteiger charge is 2.36. The number of rotatable bonds is 8. The van der Waals surface area contributed by atoms with Gasteiger partial charge in [0, 0.05) is 13.0 Å². The van der Waals surface area contributed by atoms with E-state index in [2.05, 4.69) is 98.0 Å². The third kappa shape index (κ3) is 5.46. The second-order valence-electron chi connectivity index (χ2n) is 7.28. The Morgan fingerprint density at radius 1 is 0.963 bits per heavy atom. The van der Waals surface area contributed by atoms with Crippen molar-refractivity contribution < 1.29 is 4.74 Å². The number of benzene rings is 2. The Balaban J connectivity index is 1.80. The molecule has 1 heterocycles.